The van der Waals surface area contributed by atoms with Crippen LogP contribution in [0.2, 0.25) is 10.0 Å². The third kappa shape index (κ3) is 3.72. The second-order valence-electron chi connectivity index (χ2n) is 4.22. The first kappa shape index (κ1) is 15.3. The summed E-state index contributed by atoms with van der Waals surface area (Å²) in [5.41, 5.74) is 0.887. The average molecular weight is 321 g/mol. The summed E-state index contributed by atoms with van der Waals surface area (Å²) in [6, 6.07) is 13.0. The van der Waals surface area contributed by atoms with Crippen LogP contribution in [0.15, 0.2) is 54.6 Å². The molecule has 0 amide bonds. The van der Waals surface area contributed by atoms with Crippen LogP contribution in [0.25, 0.3) is 5.57 Å². The molecule has 0 aliphatic rings. The van der Waals surface area contributed by atoms with Crippen LogP contribution in [-0.2, 0) is 4.79 Å². The predicted octanol–water partition coefficient (Wildman–Crippen LogP) is 4.34. The van der Waals surface area contributed by atoms with E-state index in [9.17, 15) is 9.59 Å². The van der Waals surface area contributed by atoms with Gasteiger partial charge in [0.05, 0.1) is 10.0 Å². The summed E-state index contributed by atoms with van der Waals surface area (Å²) in [5, 5.41) is 9.54. The molecule has 21 heavy (non-hydrogen) atoms. The number of ketones is 1. The average Bonchev–Trinajstić information content (AvgIpc) is 2.47. The molecule has 0 spiro atoms. The molecule has 106 valence electrons. The number of Topliss-reactive ketones (excluding diaryl/α,β-unsaturated/α-hetero) is 1. The number of halogens is 2. The number of carbonyl (C=O) groups excluding carboxylic acids is 1. The number of carboxylic acids is 1. The molecule has 2 aromatic rings. The summed E-state index contributed by atoms with van der Waals surface area (Å²) in [7, 11) is 0. The summed E-state index contributed by atoms with van der Waals surface area (Å²) in [4.78, 5) is 23.5. The smallest absolute Gasteiger partial charge is 0.329 e. The van der Waals surface area contributed by atoms with Gasteiger partial charge in [0.2, 0.25) is 0 Å². The van der Waals surface area contributed by atoms with Crippen LogP contribution >= 0.6 is 23.2 Å². The monoisotopic (exact) mass is 320 g/mol. The van der Waals surface area contributed by atoms with Gasteiger partial charge in [0.15, 0.2) is 5.78 Å². The van der Waals surface area contributed by atoms with Crippen LogP contribution in [0.3, 0.4) is 0 Å². The van der Waals surface area contributed by atoms with E-state index in [1.165, 1.54) is 18.2 Å². The van der Waals surface area contributed by atoms with Gasteiger partial charge in [0.25, 0.3) is 0 Å². The minimum absolute atomic E-state index is 0.0847. The van der Waals surface area contributed by atoms with Gasteiger partial charge >= 0.3 is 5.97 Å². The number of hydrogen-bond acceptors (Lipinski definition) is 2. The molecule has 0 aliphatic heterocycles. The minimum atomic E-state index is -1.19. The molecule has 3 nitrogen and oxygen atoms in total. The van der Waals surface area contributed by atoms with Crippen molar-refractivity contribution in [2.75, 3.05) is 0 Å². The largest absolute Gasteiger partial charge is 0.478 e. The quantitative estimate of drug-likeness (QED) is 0.673. The number of benzene rings is 2. The summed E-state index contributed by atoms with van der Waals surface area (Å²) in [5.74, 6) is -1.62. The number of carboxylic acid groups (broad SMARTS) is 1. The van der Waals surface area contributed by atoms with E-state index < -0.39 is 11.8 Å². The highest BCUT2D eigenvalue weighted by Crippen LogP contribution is 2.26. The molecule has 2 aromatic carbocycles. The van der Waals surface area contributed by atoms with Gasteiger partial charge in [0.1, 0.15) is 0 Å². The number of hydrogen-bond donors (Lipinski definition) is 1. The van der Waals surface area contributed by atoms with E-state index in [0.717, 1.165) is 6.08 Å². The molecule has 0 saturated heterocycles. The fraction of sp³-hybridized carbons (Fsp3) is 0. The van der Waals surface area contributed by atoms with Gasteiger partial charge in [-0.05, 0) is 23.8 Å². The van der Waals surface area contributed by atoms with Crippen LogP contribution in [-0.4, -0.2) is 16.9 Å². The fourth-order valence-corrected chi connectivity index (χ4v) is 2.11. The molecule has 0 saturated carbocycles. The lowest BCUT2D eigenvalue weighted by Gasteiger charge is -2.07. The number of allylic oxidation sites excluding steroid dienone is 1. The van der Waals surface area contributed by atoms with E-state index in [1.807, 2.05) is 0 Å². The zero-order valence-corrected chi connectivity index (χ0v) is 12.2. The SMILES string of the molecule is O=C(O)C=C(C(=O)c1ccc(Cl)c(Cl)c1)c1ccccc1. The Morgan fingerprint density at radius 3 is 2.14 bits per heavy atom. The second kappa shape index (κ2) is 6.57. The Bertz CT molecular complexity index is 722. The maximum absolute atomic E-state index is 12.5. The van der Waals surface area contributed by atoms with Gasteiger partial charge in [-0.25, -0.2) is 4.79 Å². The van der Waals surface area contributed by atoms with Crippen LogP contribution in [0.4, 0.5) is 0 Å². The van der Waals surface area contributed by atoms with Gasteiger partial charge in [0, 0.05) is 17.2 Å². The van der Waals surface area contributed by atoms with E-state index in [-0.39, 0.29) is 16.2 Å². The zero-order valence-electron chi connectivity index (χ0n) is 10.7. The summed E-state index contributed by atoms with van der Waals surface area (Å²) >= 11 is 11.7. The Morgan fingerprint density at radius 2 is 1.57 bits per heavy atom. The normalized spacial score (nSPS) is 11.2. The van der Waals surface area contributed by atoms with Crippen molar-refractivity contribution in [3.05, 3.63) is 75.8 Å². The molecule has 0 aromatic heterocycles. The molecular weight excluding hydrogens is 311 g/mol. The lowest BCUT2D eigenvalue weighted by Crippen LogP contribution is -2.05. The topological polar surface area (TPSA) is 54.4 Å². The molecule has 0 fully saturated rings. The highest BCUT2D eigenvalue weighted by molar-refractivity contribution is 6.42. The molecule has 0 heterocycles. The summed E-state index contributed by atoms with van der Waals surface area (Å²) < 4.78 is 0. The predicted molar refractivity (Wildman–Crippen MR) is 82.8 cm³/mol. The van der Waals surface area contributed by atoms with Crippen molar-refractivity contribution in [3.8, 4) is 0 Å². The van der Waals surface area contributed by atoms with Crippen LogP contribution in [0.1, 0.15) is 15.9 Å². The Balaban J connectivity index is 2.49. The summed E-state index contributed by atoms with van der Waals surface area (Å²) in [6.07, 6.45) is 0.889. The second-order valence-corrected chi connectivity index (χ2v) is 5.03. The highest BCUT2D eigenvalue weighted by atomic mass is 35.5. The highest BCUT2D eigenvalue weighted by Gasteiger charge is 2.16. The van der Waals surface area contributed by atoms with E-state index in [4.69, 9.17) is 28.3 Å². The molecule has 0 unspecified atom stereocenters. The van der Waals surface area contributed by atoms with Gasteiger partial charge < -0.3 is 5.11 Å². The van der Waals surface area contributed by atoms with Crippen molar-refractivity contribution in [1.29, 1.82) is 0 Å². The first-order valence-corrected chi connectivity index (χ1v) is 6.74. The van der Waals surface area contributed by atoms with Crippen molar-refractivity contribution >= 4 is 40.5 Å². The summed E-state index contributed by atoms with van der Waals surface area (Å²) in [6.45, 7) is 0. The van der Waals surface area contributed by atoms with E-state index in [0.29, 0.717) is 10.6 Å². The third-order valence-electron chi connectivity index (χ3n) is 2.78. The molecule has 0 atom stereocenters. The molecule has 5 heteroatoms. The molecule has 2 rings (SSSR count). The maximum atomic E-state index is 12.5. The van der Waals surface area contributed by atoms with Gasteiger partial charge in [-0.15, -0.1) is 0 Å². The number of aliphatic carboxylic acids is 1. The van der Waals surface area contributed by atoms with Gasteiger partial charge in [-0.1, -0.05) is 53.5 Å². The van der Waals surface area contributed by atoms with Crippen LogP contribution in [0.5, 0.6) is 0 Å². The van der Waals surface area contributed by atoms with Crippen molar-refractivity contribution in [1.82, 2.24) is 0 Å². The van der Waals surface area contributed by atoms with Crippen LogP contribution in [0, 0.1) is 0 Å². The van der Waals surface area contributed by atoms with Crippen molar-refractivity contribution in [2.45, 2.75) is 0 Å². The molecule has 1 N–H and O–H groups in total. The maximum Gasteiger partial charge on any atom is 0.329 e. The van der Waals surface area contributed by atoms with Gasteiger partial charge in [-0.3, -0.25) is 4.79 Å². The van der Waals surface area contributed by atoms with Crippen molar-refractivity contribution in [3.63, 3.8) is 0 Å². The first-order valence-electron chi connectivity index (χ1n) is 5.99. The standard InChI is InChI=1S/C16H10Cl2O3/c17-13-7-6-11(8-14(13)18)16(21)12(9-15(19)20)10-4-2-1-3-5-10/h1-9H,(H,19,20). The van der Waals surface area contributed by atoms with E-state index in [2.05, 4.69) is 0 Å². The number of rotatable bonds is 4. The Kier molecular flexibility index (Phi) is 4.78. The minimum Gasteiger partial charge on any atom is -0.478 e. The molecule has 0 bridgehead atoms. The van der Waals surface area contributed by atoms with E-state index >= 15 is 0 Å². The zero-order chi connectivity index (χ0) is 15.4. The fourth-order valence-electron chi connectivity index (χ4n) is 1.81. The number of carbonyl (C=O) groups is 2. The lowest BCUT2D eigenvalue weighted by molar-refractivity contribution is -0.131. The molecule has 0 aliphatic carbocycles. The van der Waals surface area contributed by atoms with Crippen molar-refractivity contribution < 1.29 is 14.7 Å². The first-order chi connectivity index (χ1) is 9.99. The third-order valence-corrected chi connectivity index (χ3v) is 3.52. The lowest BCUT2D eigenvalue weighted by atomic mass is 9.96. The van der Waals surface area contributed by atoms with E-state index in [1.54, 1.807) is 30.3 Å². The Morgan fingerprint density at radius 1 is 0.905 bits per heavy atom. The van der Waals surface area contributed by atoms with Gasteiger partial charge in [-0.2, -0.15) is 0 Å². The Labute approximate surface area is 131 Å². The molecule has 0 radical (unpaired) electrons. The molecular formula is C16H10Cl2O3. The Hall–Kier alpha value is -2.10. The van der Waals surface area contributed by atoms with Crippen LogP contribution < -0.4 is 0 Å². The van der Waals surface area contributed by atoms with Crippen molar-refractivity contribution in [2.24, 2.45) is 0 Å².